The molecule has 2 heterocycles. The van der Waals surface area contributed by atoms with Crippen molar-refractivity contribution in [3.05, 3.63) is 53.3 Å². The number of ether oxygens (including phenoxy) is 1. The highest BCUT2D eigenvalue weighted by Gasteiger charge is 2.13. The van der Waals surface area contributed by atoms with Crippen LogP contribution in [0.3, 0.4) is 0 Å². The first-order valence-corrected chi connectivity index (χ1v) is 7.84. The molecule has 0 saturated carbocycles. The molecule has 1 aromatic carbocycles. The summed E-state index contributed by atoms with van der Waals surface area (Å²) in [6.07, 6.45) is 1.53. The fourth-order valence-corrected chi connectivity index (χ4v) is 2.42. The zero-order chi connectivity index (χ0) is 17.1. The molecule has 24 heavy (non-hydrogen) atoms. The van der Waals surface area contributed by atoms with E-state index < -0.39 is 0 Å². The number of aryl methyl sites for hydroxylation is 2. The minimum absolute atomic E-state index is 0.126. The molecule has 0 saturated heterocycles. The minimum atomic E-state index is -0.176. The summed E-state index contributed by atoms with van der Waals surface area (Å²) in [6.45, 7) is 6.22. The minimum Gasteiger partial charge on any atom is -0.491 e. The van der Waals surface area contributed by atoms with Crippen LogP contribution in [0.4, 0.5) is 0 Å². The average molecular weight is 324 g/mol. The van der Waals surface area contributed by atoms with Crippen molar-refractivity contribution in [1.29, 1.82) is 0 Å². The standard InChI is InChI=1S/C18H20N4O2/c1-11-5-4-6-15(7-11)24-10-12(2)20-18(23)14-8-16-13(3)21-22-17(16)19-9-14/h4-9,12H,10H2,1-3H3,(H,20,23)(H,19,21,22). The first-order valence-electron chi connectivity index (χ1n) is 7.84. The molecule has 0 aliphatic carbocycles. The number of amides is 1. The van der Waals surface area contributed by atoms with E-state index in [1.165, 1.54) is 6.20 Å². The Kier molecular flexibility index (Phi) is 4.46. The second-order valence-corrected chi connectivity index (χ2v) is 5.95. The van der Waals surface area contributed by atoms with Crippen LogP contribution in [0.25, 0.3) is 11.0 Å². The number of carbonyl (C=O) groups is 1. The van der Waals surface area contributed by atoms with Crippen molar-refractivity contribution in [2.24, 2.45) is 0 Å². The van der Waals surface area contributed by atoms with Gasteiger partial charge in [-0.1, -0.05) is 12.1 Å². The molecular formula is C18H20N4O2. The van der Waals surface area contributed by atoms with Crippen LogP contribution in [-0.4, -0.2) is 33.7 Å². The van der Waals surface area contributed by atoms with Crippen LogP contribution in [0, 0.1) is 13.8 Å². The van der Waals surface area contributed by atoms with Crippen LogP contribution < -0.4 is 10.1 Å². The Morgan fingerprint density at radius 3 is 2.96 bits per heavy atom. The molecule has 3 rings (SSSR count). The van der Waals surface area contributed by atoms with Crippen molar-refractivity contribution in [3.8, 4) is 5.75 Å². The number of hydrogen-bond donors (Lipinski definition) is 2. The Bertz CT molecular complexity index is 872. The maximum absolute atomic E-state index is 12.4. The molecule has 2 N–H and O–H groups in total. The van der Waals surface area contributed by atoms with E-state index in [1.54, 1.807) is 6.07 Å². The van der Waals surface area contributed by atoms with Gasteiger partial charge >= 0.3 is 0 Å². The van der Waals surface area contributed by atoms with Crippen molar-refractivity contribution in [2.75, 3.05) is 6.61 Å². The van der Waals surface area contributed by atoms with Crippen LogP contribution in [0.2, 0.25) is 0 Å². The number of fused-ring (bicyclic) bond motifs is 1. The second kappa shape index (κ2) is 6.70. The number of carbonyl (C=O) groups excluding carboxylic acids is 1. The van der Waals surface area contributed by atoms with Gasteiger partial charge in [-0.15, -0.1) is 0 Å². The lowest BCUT2D eigenvalue weighted by Gasteiger charge is -2.15. The van der Waals surface area contributed by atoms with Gasteiger partial charge in [-0.25, -0.2) is 4.98 Å². The lowest BCUT2D eigenvalue weighted by molar-refractivity contribution is 0.0926. The van der Waals surface area contributed by atoms with Crippen LogP contribution in [0.15, 0.2) is 36.5 Å². The largest absolute Gasteiger partial charge is 0.491 e. The van der Waals surface area contributed by atoms with Gasteiger partial charge in [0.15, 0.2) is 5.65 Å². The molecule has 1 amide bonds. The second-order valence-electron chi connectivity index (χ2n) is 5.95. The van der Waals surface area contributed by atoms with Crippen molar-refractivity contribution in [2.45, 2.75) is 26.8 Å². The number of nitrogens with zero attached hydrogens (tertiary/aromatic N) is 2. The Hall–Kier alpha value is -2.89. The zero-order valence-corrected chi connectivity index (χ0v) is 14.0. The number of benzene rings is 1. The first-order chi connectivity index (χ1) is 11.5. The molecule has 1 unspecified atom stereocenters. The molecule has 0 aliphatic rings. The summed E-state index contributed by atoms with van der Waals surface area (Å²) in [5.74, 6) is 0.624. The number of pyridine rings is 1. The van der Waals surface area contributed by atoms with Gasteiger partial charge in [-0.05, 0) is 44.5 Å². The summed E-state index contributed by atoms with van der Waals surface area (Å²) in [6, 6.07) is 9.50. The summed E-state index contributed by atoms with van der Waals surface area (Å²) >= 11 is 0. The van der Waals surface area contributed by atoms with Crippen molar-refractivity contribution < 1.29 is 9.53 Å². The predicted octanol–water partition coefficient (Wildman–Crippen LogP) is 2.77. The highest BCUT2D eigenvalue weighted by Crippen LogP contribution is 2.15. The Morgan fingerprint density at radius 2 is 2.17 bits per heavy atom. The lowest BCUT2D eigenvalue weighted by atomic mass is 10.2. The quantitative estimate of drug-likeness (QED) is 0.756. The highest BCUT2D eigenvalue weighted by molar-refractivity contribution is 5.97. The van der Waals surface area contributed by atoms with E-state index in [4.69, 9.17) is 4.74 Å². The van der Waals surface area contributed by atoms with E-state index in [0.29, 0.717) is 17.8 Å². The monoisotopic (exact) mass is 324 g/mol. The Morgan fingerprint density at radius 1 is 1.33 bits per heavy atom. The molecular weight excluding hydrogens is 304 g/mol. The summed E-state index contributed by atoms with van der Waals surface area (Å²) < 4.78 is 5.72. The normalized spacial score (nSPS) is 12.1. The van der Waals surface area contributed by atoms with Crippen LogP contribution in [0.1, 0.15) is 28.5 Å². The molecule has 6 heteroatoms. The van der Waals surface area contributed by atoms with Gasteiger partial charge in [0.1, 0.15) is 12.4 Å². The van der Waals surface area contributed by atoms with Crippen LogP contribution >= 0.6 is 0 Å². The van der Waals surface area contributed by atoms with Crippen molar-refractivity contribution >= 4 is 16.9 Å². The van der Waals surface area contributed by atoms with Crippen molar-refractivity contribution in [3.63, 3.8) is 0 Å². The number of H-pyrrole nitrogens is 1. The molecule has 2 aromatic heterocycles. The predicted molar refractivity (Wildman–Crippen MR) is 92.2 cm³/mol. The van der Waals surface area contributed by atoms with Crippen molar-refractivity contribution in [1.82, 2.24) is 20.5 Å². The summed E-state index contributed by atoms with van der Waals surface area (Å²) in [5, 5.41) is 10.7. The number of aromatic nitrogens is 3. The van der Waals surface area contributed by atoms with Crippen LogP contribution in [0.5, 0.6) is 5.75 Å². The summed E-state index contributed by atoms with van der Waals surface area (Å²) in [5.41, 5.74) is 3.15. The SMILES string of the molecule is Cc1cccc(OCC(C)NC(=O)c2cnc3n[nH]c(C)c3c2)c1. The smallest absolute Gasteiger partial charge is 0.253 e. The van der Waals surface area contributed by atoms with E-state index >= 15 is 0 Å². The number of hydrogen-bond acceptors (Lipinski definition) is 4. The van der Waals surface area contributed by atoms with E-state index in [9.17, 15) is 4.79 Å². The topological polar surface area (TPSA) is 79.9 Å². The van der Waals surface area contributed by atoms with Gasteiger partial charge < -0.3 is 10.1 Å². The fraction of sp³-hybridized carbons (Fsp3) is 0.278. The third-order valence-corrected chi connectivity index (χ3v) is 3.73. The average Bonchev–Trinajstić information content (AvgIpc) is 2.94. The highest BCUT2D eigenvalue weighted by atomic mass is 16.5. The lowest BCUT2D eigenvalue weighted by Crippen LogP contribution is -2.36. The molecule has 0 radical (unpaired) electrons. The maximum Gasteiger partial charge on any atom is 0.253 e. The third-order valence-electron chi connectivity index (χ3n) is 3.73. The number of nitrogens with one attached hydrogen (secondary N) is 2. The van der Waals surface area contributed by atoms with Gasteiger partial charge in [0.2, 0.25) is 0 Å². The Balaban J connectivity index is 1.61. The number of rotatable bonds is 5. The van der Waals surface area contributed by atoms with Crippen LogP contribution in [-0.2, 0) is 0 Å². The molecule has 0 aliphatic heterocycles. The number of aromatic amines is 1. The van der Waals surface area contributed by atoms with Gasteiger partial charge in [0.05, 0.1) is 11.6 Å². The van der Waals surface area contributed by atoms with Gasteiger partial charge in [-0.3, -0.25) is 9.89 Å². The molecule has 0 spiro atoms. The van der Waals surface area contributed by atoms with E-state index in [2.05, 4.69) is 20.5 Å². The first kappa shape index (κ1) is 16.0. The zero-order valence-electron chi connectivity index (χ0n) is 14.0. The van der Waals surface area contributed by atoms with Gasteiger partial charge in [0, 0.05) is 17.3 Å². The van der Waals surface area contributed by atoms with E-state index in [0.717, 1.165) is 22.4 Å². The molecule has 0 bridgehead atoms. The molecule has 6 nitrogen and oxygen atoms in total. The summed E-state index contributed by atoms with van der Waals surface area (Å²) in [4.78, 5) is 16.6. The van der Waals surface area contributed by atoms with Gasteiger partial charge in [0.25, 0.3) is 5.91 Å². The molecule has 0 fully saturated rings. The third kappa shape index (κ3) is 3.53. The summed E-state index contributed by atoms with van der Waals surface area (Å²) in [7, 11) is 0. The van der Waals surface area contributed by atoms with E-state index in [-0.39, 0.29) is 11.9 Å². The molecule has 1 atom stereocenters. The Labute approximate surface area is 140 Å². The van der Waals surface area contributed by atoms with E-state index in [1.807, 2.05) is 45.0 Å². The van der Waals surface area contributed by atoms with Gasteiger partial charge in [-0.2, -0.15) is 5.10 Å². The maximum atomic E-state index is 12.4. The molecule has 124 valence electrons. The fourth-order valence-electron chi connectivity index (χ4n) is 2.42. The molecule has 3 aromatic rings.